The average molecular weight is 634 g/mol. The topological polar surface area (TPSA) is 169 Å². The Kier molecular flexibility index (Phi) is 11.0. The summed E-state index contributed by atoms with van der Waals surface area (Å²) in [7, 11) is -1.33. The van der Waals surface area contributed by atoms with Crippen molar-refractivity contribution in [2.75, 3.05) is 26.1 Å². The number of hydrogen-bond donors (Lipinski definition) is 3. The first-order valence-electron chi connectivity index (χ1n) is 13.5. The van der Waals surface area contributed by atoms with E-state index in [4.69, 9.17) is 13.9 Å². The Hall–Kier alpha value is -5.47. The van der Waals surface area contributed by atoms with E-state index in [0.29, 0.717) is 22.8 Å². The Bertz CT molecular complexity index is 1760. The van der Waals surface area contributed by atoms with E-state index >= 15 is 0 Å². The van der Waals surface area contributed by atoms with Crippen molar-refractivity contribution in [3.8, 4) is 11.5 Å². The minimum absolute atomic E-state index is 0.0658. The molecule has 3 amide bonds. The summed E-state index contributed by atoms with van der Waals surface area (Å²) in [6, 6.07) is 24.7. The van der Waals surface area contributed by atoms with Crippen molar-refractivity contribution in [1.82, 2.24) is 15.0 Å². The lowest BCUT2D eigenvalue weighted by molar-refractivity contribution is -0.136. The lowest BCUT2D eigenvalue weighted by Gasteiger charge is -2.22. The molecule has 3 aromatic carbocycles. The van der Waals surface area contributed by atoms with E-state index in [0.717, 1.165) is 4.31 Å². The number of carbonyl (C=O) groups excluding carboxylic acids is 3. The van der Waals surface area contributed by atoms with Gasteiger partial charge in [0.2, 0.25) is 10.0 Å². The van der Waals surface area contributed by atoms with Crippen molar-refractivity contribution in [3.05, 3.63) is 108 Å². The maximum absolute atomic E-state index is 13.6. The highest BCUT2D eigenvalue weighted by atomic mass is 32.2. The minimum Gasteiger partial charge on any atom is -0.493 e. The molecule has 1 heterocycles. The van der Waals surface area contributed by atoms with Gasteiger partial charge in [-0.25, -0.2) is 13.8 Å². The Morgan fingerprint density at radius 3 is 2.24 bits per heavy atom. The van der Waals surface area contributed by atoms with E-state index in [1.807, 2.05) is 0 Å². The van der Waals surface area contributed by atoms with Gasteiger partial charge in [0.25, 0.3) is 5.91 Å². The van der Waals surface area contributed by atoms with Gasteiger partial charge in [0.1, 0.15) is 11.5 Å². The number of methoxy groups -OCH3 is 2. The molecule has 4 rings (SSSR count). The number of amides is 3. The summed E-state index contributed by atoms with van der Waals surface area (Å²) in [6.45, 7) is -0.682. The number of nitrogens with one attached hydrogen (secondary N) is 3. The zero-order valence-electron chi connectivity index (χ0n) is 24.4. The zero-order valence-corrected chi connectivity index (χ0v) is 25.2. The highest BCUT2D eigenvalue weighted by Crippen LogP contribution is 2.31. The lowest BCUT2D eigenvalue weighted by Crippen LogP contribution is -2.39. The molecule has 234 valence electrons. The minimum atomic E-state index is -4.16. The van der Waals surface area contributed by atoms with Crippen molar-refractivity contribution in [1.29, 1.82) is 0 Å². The maximum Gasteiger partial charge on any atom is 0.313 e. The maximum atomic E-state index is 13.6. The summed E-state index contributed by atoms with van der Waals surface area (Å²) in [6.07, 6.45) is 1.22. The Balaban J connectivity index is 1.36. The van der Waals surface area contributed by atoms with Crippen LogP contribution in [0.4, 0.5) is 5.69 Å². The van der Waals surface area contributed by atoms with Gasteiger partial charge in [0.15, 0.2) is 11.5 Å². The second kappa shape index (κ2) is 15.3. The zero-order chi connectivity index (χ0) is 32.2. The molecule has 0 bridgehead atoms. The van der Waals surface area contributed by atoms with Gasteiger partial charge in [-0.1, -0.05) is 48.5 Å². The van der Waals surface area contributed by atoms with E-state index in [9.17, 15) is 22.8 Å². The predicted molar refractivity (Wildman–Crippen MR) is 165 cm³/mol. The number of furan rings is 1. The molecule has 13 nitrogen and oxygen atoms in total. The van der Waals surface area contributed by atoms with E-state index in [-0.39, 0.29) is 29.5 Å². The van der Waals surface area contributed by atoms with E-state index < -0.39 is 34.3 Å². The molecule has 0 aliphatic carbocycles. The third kappa shape index (κ3) is 9.01. The Morgan fingerprint density at radius 1 is 0.867 bits per heavy atom. The summed E-state index contributed by atoms with van der Waals surface area (Å²) in [5, 5.41) is 8.80. The summed E-state index contributed by atoms with van der Waals surface area (Å²) in [4.78, 5) is 36.9. The number of para-hydroxylation sites is 1. The van der Waals surface area contributed by atoms with Crippen molar-refractivity contribution in [3.63, 3.8) is 0 Å². The second-order valence-electron chi connectivity index (χ2n) is 9.38. The number of ether oxygens (including phenoxy) is 2. The first-order valence-corrected chi connectivity index (χ1v) is 14.9. The number of sulfonamides is 1. The van der Waals surface area contributed by atoms with E-state index in [1.165, 1.54) is 38.6 Å². The quantitative estimate of drug-likeness (QED) is 0.115. The van der Waals surface area contributed by atoms with Crippen LogP contribution in [0.5, 0.6) is 11.5 Å². The first kappa shape index (κ1) is 32.4. The van der Waals surface area contributed by atoms with Crippen LogP contribution >= 0.6 is 0 Å². The van der Waals surface area contributed by atoms with Crippen LogP contribution in [0.1, 0.15) is 17.1 Å². The van der Waals surface area contributed by atoms with Crippen LogP contribution < -0.4 is 25.5 Å². The average Bonchev–Trinajstić information content (AvgIpc) is 3.51. The van der Waals surface area contributed by atoms with Crippen LogP contribution in [0, 0.1) is 0 Å². The molecule has 0 radical (unpaired) electrons. The van der Waals surface area contributed by atoms with E-state index in [2.05, 4.69) is 21.2 Å². The first-order chi connectivity index (χ1) is 21.7. The van der Waals surface area contributed by atoms with Gasteiger partial charge in [-0.15, -0.1) is 0 Å². The summed E-state index contributed by atoms with van der Waals surface area (Å²) in [5.74, 6) is -1.22. The largest absolute Gasteiger partial charge is 0.493 e. The van der Waals surface area contributed by atoms with Crippen molar-refractivity contribution in [2.24, 2.45) is 5.10 Å². The second-order valence-corrected chi connectivity index (χ2v) is 11.3. The molecule has 4 aromatic rings. The van der Waals surface area contributed by atoms with Gasteiger partial charge < -0.3 is 24.5 Å². The number of benzene rings is 3. The molecule has 0 aliphatic rings. The number of nitrogens with zero attached hydrogens (tertiary/aromatic N) is 2. The fourth-order valence-electron chi connectivity index (χ4n) is 4.02. The van der Waals surface area contributed by atoms with Crippen molar-refractivity contribution in [2.45, 2.75) is 18.0 Å². The molecule has 45 heavy (non-hydrogen) atoms. The summed E-state index contributed by atoms with van der Waals surface area (Å²) in [5.41, 5.74) is 3.46. The number of hydrogen-bond acceptors (Lipinski definition) is 9. The van der Waals surface area contributed by atoms with Crippen LogP contribution in [0.15, 0.2) is 105 Å². The van der Waals surface area contributed by atoms with Gasteiger partial charge in [-0.05, 0) is 42.0 Å². The molecule has 0 saturated heterocycles. The van der Waals surface area contributed by atoms with Gasteiger partial charge in [0.05, 0.1) is 38.4 Å². The molecule has 0 atom stereocenters. The van der Waals surface area contributed by atoms with Crippen LogP contribution in [0.25, 0.3) is 0 Å². The summed E-state index contributed by atoms with van der Waals surface area (Å²) >= 11 is 0. The normalized spacial score (nSPS) is 11.3. The fraction of sp³-hybridized carbons (Fsp3) is 0.161. The number of anilines is 1. The fourth-order valence-corrected chi connectivity index (χ4v) is 5.42. The van der Waals surface area contributed by atoms with E-state index in [1.54, 1.807) is 72.8 Å². The predicted octanol–water partition coefficient (Wildman–Crippen LogP) is 2.89. The monoisotopic (exact) mass is 633 g/mol. The third-order valence-corrected chi connectivity index (χ3v) is 8.03. The molecule has 0 saturated carbocycles. The molecule has 1 aromatic heterocycles. The smallest absolute Gasteiger partial charge is 0.313 e. The van der Waals surface area contributed by atoms with Gasteiger partial charge in [-0.2, -0.15) is 9.41 Å². The number of carbonyl (C=O) groups is 3. The molecular formula is C31H31N5O8S. The Labute approximate surface area is 259 Å². The van der Waals surface area contributed by atoms with Crippen LogP contribution in [0.2, 0.25) is 0 Å². The SMILES string of the molecule is COc1ccc(S(=O)(=O)N(CC(=O)N/N=C\c2ccc(CNC(=O)C(=O)Nc3ccccc3)o2)Cc2ccccc2)cc1OC. The highest BCUT2D eigenvalue weighted by Gasteiger charge is 2.28. The molecule has 0 aliphatic heterocycles. The number of hydrazone groups is 1. The standard InChI is InChI=1S/C31H31N5O8S/c1-42-27-16-15-26(17-28(27)43-2)45(40,41)36(20-22-9-5-3-6-10-22)21-29(37)35-33-19-25-14-13-24(44-25)18-32-30(38)31(39)34-23-11-7-4-8-12-23/h3-17,19H,18,20-21H2,1-2H3,(H,32,38)(H,34,39)(H,35,37)/b33-19-. The van der Waals surface area contributed by atoms with Gasteiger partial charge in [0, 0.05) is 18.3 Å². The molecule has 14 heteroatoms. The molecule has 0 spiro atoms. The molecule has 0 unspecified atom stereocenters. The highest BCUT2D eigenvalue weighted by molar-refractivity contribution is 7.89. The molecule has 0 fully saturated rings. The Morgan fingerprint density at radius 2 is 1.56 bits per heavy atom. The van der Waals surface area contributed by atoms with Crippen LogP contribution in [-0.4, -0.2) is 57.4 Å². The van der Waals surface area contributed by atoms with Crippen molar-refractivity contribution >= 4 is 39.6 Å². The lowest BCUT2D eigenvalue weighted by atomic mass is 10.2. The summed E-state index contributed by atoms with van der Waals surface area (Å²) < 4.78 is 44.3. The van der Waals surface area contributed by atoms with Crippen molar-refractivity contribution < 1.29 is 36.7 Å². The van der Waals surface area contributed by atoms with Gasteiger partial charge >= 0.3 is 11.8 Å². The number of rotatable bonds is 13. The third-order valence-electron chi connectivity index (χ3n) is 6.24. The molecule has 3 N–H and O–H groups in total. The molecular weight excluding hydrogens is 602 g/mol. The van der Waals surface area contributed by atoms with Crippen LogP contribution in [0.3, 0.4) is 0 Å². The van der Waals surface area contributed by atoms with Crippen LogP contribution in [-0.2, 0) is 37.5 Å². The van der Waals surface area contributed by atoms with Gasteiger partial charge in [-0.3, -0.25) is 14.4 Å².